The minimum absolute atomic E-state index is 0.0175. The molecule has 0 radical (unpaired) electrons. The van der Waals surface area contributed by atoms with Gasteiger partial charge < -0.3 is 19.4 Å². The van der Waals surface area contributed by atoms with Crippen LogP contribution in [0.1, 0.15) is 25.7 Å². The van der Waals surface area contributed by atoms with E-state index in [0.717, 1.165) is 11.1 Å². The standard InChI is InChI=1S/C34H28Cl2N8O4/c35-31-23(19-11-27-33(47)43(37-17-41(27)13-19)15-21-7-9-29(45)39-21)3-1-5-25(31)26-6-2-4-24(32(26)36)20-12-28-34(48)44(38-18-42(28)14-20)16-22-8-10-30(46)40-22/h1-6,11-14,17-18,21-22H,7-10,15-16H2,(H,39,45)(H,40,46)/t21-,22-/m0/s1. The van der Waals surface area contributed by atoms with Gasteiger partial charge in [0.1, 0.15) is 23.7 Å². The van der Waals surface area contributed by atoms with Crippen LogP contribution >= 0.6 is 23.2 Å². The van der Waals surface area contributed by atoms with Crippen LogP contribution in [0.25, 0.3) is 44.4 Å². The highest BCUT2D eigenvalue weighted by Gasteiger charge is 2.24. The molecule has 48 heavy (non-hydrogen) atoms. The third-order valence-corrected chi connectivity index (χ3v) is 9.92. The number of hydrogen-bond donors (Lipinski definition) is 2. The Kier molecular flexibility index (Phi) is 7.41. The quantitative estimate of drug-likeness (QED) is 0.259. The van der Waals surface area contributed by atoms with E-state index >= 15 is 0 Å². The zero-order valence-corrected chi connectivity index (χ0v) is 26.9. The van der Waals surface area contributed by atoms with E-state index in [1.165, 1.54) is 9.36 Å². The van der Waals surface area contributed by atoms with E-state index in [9.17, 15) is 19.2 Å². The fraction of sp³-hybridized carbons (Fsp3) is 0.235. The Bertz CT molecular complexity index is 2240. The topological polar surface area (TPSA) is 137 Å². The molecule has 0 unspecified atom stereocenters. The molecule has 6 heterocycles. The minimum atomic E-state index is -0.264. The Morgan fingerprint density at radius 1 is 0.646 bits per heavy atom. The van der Waals surface area contributed by atoms with E-state index < -0.39 is 0 Å². The van der Waals surface area contributed by atoms with E-state index in [1.807, 2.05) is 48.8 Å². The van der Waals surface area contributed by atoms with Crippen molar-refractivity contribution in [3.63, 3.8) is 0 Å². The molecule has 0 aliphatic carbocycles. The molecule has 0 bridgehead atoms. The molecule has 12 nitrogen and oxygen atoms in total. The van der Waals surface area contributed by atoms with Crippen molar-refractivity contribution < 1.29 is 9.59 Å². The number of carbonyl (C=O) groups is 2. The van der Waals surface area contributed by atoms with Crippen LogP contribution in [-0.2, 0) is 22.7 Å². The van der Waals surface area contributed by atoms with Crippen molar-refractivity contribution in [1.29, 1.82) is 0 Å². The smallest absolute Gasteiger partial charge is 0.291 e. The molecule has 2 aromatic carbocycles. The predicted molar refractivity (Wildman–Crippen MR) is 181 cm³/mol. The summed E-state index contributed by atoms with van der Waals surface area (Å²) in [6, 6.07) is 14.6. The number of nitrogens with one attached hydrogen (secondary N) is 2. The number of rotatable bonds is 7. The van der Waals surface area contributed by atoms with E-state index in [1.54, 1.807) is 33.6 Å². The lowest BCUT2D eigenvalue weighted by Gasteiger charge is -2.13. The molecular weight excluding hydrogens is 655 g/mol. The average Bonchev–Trinajstić information content (AvgIpc) is 3.88. The second kappa shape index (κ2) is 11.8. The monoisotopic (exact) mass is 682 g/mol. The van der Waals surface area contributed by atoms with Crippen molar-refractivity contribution in [3.05, 3.63) is 104 Å². The molecule has 14 heteroatoms. The van der Waals surface area contributed by atoms with Crippen molar-refractivity contribution in [2.75, 3.05) is 0 Å². The normalized spacial score (nSPS) is 17.8. The Morgan fingerprint density at radius 3 is 1.46 bits per heavy atom. The summed E-state index contributed by atoms with van der Waals surface area (Å²) in [5.74, 6) is -0.0349. The fourth-order valence-electron chi connectivity index (χ4n) is 6.62. The van der Waals surface area contributed by atoms with Gasteiger partial charge in [-0.05, 0) is 25.0 Å². The summed E-state index contributed by atoms with van der Waals surface area (Å²) in [6.45, 7) is 0.605. The largest absolute Gasteiger partial charge is 0.351 e. The van der Waals surface area contributed by atoms with Crippen LogP contribution < -0.4 is 21.8 Å². The van der Waals surface area contributed by atoms with Gasteiger partial charge in [-0.3, -0.25) is 19.2 Å². The number of fused-ring (bicyclic) bond motifs is 2. The summed E-state index contributed by atoms with van der Waals surface area (Å²) in [5, 5.41) is 15.3. The lowest BCUT2D eigenvalue weighted by Crippen LogP contribution is -2.35. The van der Waals surface area contributed by atoms with Crippen molar-refractivity contribution in [2.45, 2.75) is 50.9 Å². The molecule has 2 fully saturated rings. The second-order valence-corrected chi connectivity index (χ2v) is 13.0. The van der Waals surface area contributed by atoms with Crippen LogP contribution in [0, 0.1) is 0 Å². The number of halogens is 2. The number of hydrogen-bond acceptors (Lipinski definition) is 6. The lowest BCUT2D eigenvalue weighted by atomic mass is 9.97. The fourth-order valence-corrected chi connectivity index (χ4v) is 7.30. The van der Waals surface area contributed by atoms with Crippen molar-refractivity contribution >= 4 is 46.0 Å². The van der Waals surface area contributed by atoms with E-state index in [2.05, 4.69) is 20.8 Å². The summed E-state index contributed by atoms with van der Waals surface area (Å²) in [5.41, 5.74) is 4.66. The van der Waals surface area contributed by atoms with Crippen LogP contribution in [0.3, 0.4) is 0 Å². The molecule has 4 aromatic heterocycles. The number of aromatic nitrogens is 6. The van der Waals surface area contributed by atoms with Gasteiger partial charge in [0.2, 0.25) is 11.8 Å². The third-order valence-electron chi connectivity index (χ3n) is 9.10. The van der Waals surface area contributed by atoms with Crippen LogP contribution in [0.4, 0.5) is 0 Å². The molecule has 2 aliphatic heterocycles. The summed E-state index contributed by atoms with van der Waals surface area (Å²) in [7, 11) is 0. The third kappa shape index (κ3) is 5.26. The van der Waals surface area contributed by atoms with Crippen LogP contribution in [0.2, 0.25) is 10.0 Å². The van der Waals surface area contributed by atoms with E-state index in [-0.39, 0.29) is 35.0 Å². The van der Waals surface area contributed by atoms with Crippen molar-refractivity contribution in [1.82, 2.24) is 39.0 Å². The Morgan fingerprint density at radius 2 is 1.06 bits per heavy atom. The summed E-state index contributed by atoms with van der Waals surface area (Å²) >= 11 is 14.1. The highest BCUT2D eigenvalue weighted by atomic mass is 35.5. The highest BCUT2D eigenvalue weighted by molar-refractivity contribution is 6.39. The lowest BCUT2D eigenvalue weighted by molar-refractivity contribution is -0.120. The molecule has 2 amide bonds. The molecular formula is C34H28Cl2N8O4. The summed E-state index contributed by atoms with van der Waals surface area (Å²) < 4.78 is 6.10. The number of benzene rings is 2. The maximum absolute atomic E-state index is 13.3. The number of nitrogens with zero attached hydrogens (tertiary/aromatic N) is 6. The first-order chi connectivity index (χ1) is 23.2. The van der Waals surface area contributed by atoms with Gasteiger partial charge >= 0.3 is 0 Å². The molecule has 2 saturated heterocycles. The first kappa shape index (κ1) is 30.2. The van der Waals surface area contributed by atoms with Crippen LogP contribution in [0.15, 0.2) is 83.2 Å². The molecule has 0 spiro atoms. The molecule has 242 valence electrons. The number of carbonyl (C=O) groups excluding carboxylic acids is 2. The molecule has 6 aromatic rings. The van der Waals surface area contributed by atoms with Gasteiger partial charge in [-0.2, -0.15) is 10.2 Å². The number of amides is 2. The zero-order valence-electron chi connectivity index (χ0n) is 25.4. The van der Waals surface area contributed by atoms with Gasteiger partial charge in [-0.25, -0.2) is 9.36 Å². The van der Waals surface area contributed by atoms with E-state index in [0.29, 0.717) is 82.1 Å². The first-order valence-corrected chi connectivity index (χ1v) is 16.3. The first-order valence-electron chi connectivity index (χ1n) is 15.6. The Balaban J connectivity index is 1.12. The molecule has 2 atom stereocenters. The van der Waals surface area contributed by atoms with Crippen LogP contribution in [-0.4, -0.2) is 52.3 Å². The van der Waals surface area contributed by atoms with Gasteiger partial charge in [0.25, 0.3) is 11.1 Å². The highest BCUT2D eigenvalue weighted by Crippen LogP contribution is 2.42. The summed E-state index contributed by atoms with van der Waals surface area (Å²) in [6.07, 6.45) is 8.99. The maximum atomic E-state index is 13.3. The van der Waals surface area contributed by atoms with Crippen molar-refractivity contribution in [2.24, 2.45) is 0 Å². The molecule has 2 aliphatic rings. The summed E-state index contributed by atoms with van der Waals surface area (Å²) in [4.78, 5) is 49.8. The van der Waals surface area contributed by atoms with Gasteiger partial charge in [0, 0.05) is 70.7 Å². The Labute approximate surface area is 282 Å². The van der Waals surface area contributed by atoms with Crippen molar-refractivity contribution in [3.8, 4) is 33.4 Å². The average molecular weight is 684 g/mol. The SMILES string of the molecule is O=C1CC[C@@H](Cn2ncn3cc(-c4cccc(-c5cccc(-c6cc7c(=O)n(C[C@@H]8CCC(=O)N8)ncn7c6)c5Cl)c4Cl)cc3c2=O)N1. The van der Waals surface area contributed by atoms with Gasteiger partial charge in [-0.15, -0.1) is 0 Å². The van der Waals surface area contributed by atoms with Gasteiger partial charge in [-0.1, -0.05) is 59.6 Å². The molecule has 8 rings (SSSR count). The Hall–Kier alpha value is -5.20. The minimum Gasteiger partial charge on any atom is -0.351 e. The molecule has 0 saturated carbocycles. The second-order valence-electron chi connectivity index (χ2n) is 12.2. The maximum Gasteiger partial charge on any atom is 0.291 e. The predicted octanol–water partition coefficient (Wildman–Crippen LogP) is 4.17. The van der Waals surface area contributed by atoms with Crippen LogP contribution in [0.5, 0.6) is 0 Å². The van der Waals surface area contributed by atoms with Gasteiger partial charge in [0.05, 0.1) is 23.1 Å². The zero-order chi connectivity index (χ0) is 33.1. The molecule has 2 N–H and O–H groups in total. The van der Waals surface area contributed by atoms with E-state index in [4.69, 9.17) is 23.2 Å². The van der Waals surface area contributed by atoms with Gasteiger partial charge in [0.15, 0.2) is 0 Å².